The van der Waals surface area contributed by atoms with Gasteiger partial charge < -0.3 is 16.2 Å². The summed E-state index contributed by atoms with van der Waals surface area (Å²) in [5, 5.41) is 11.8. The number of nitrogens with one attached hydrogen (secondary N) is 1. The van der Waals surface area contributed by atoms with Crippen molar-refractivity contribution in [3.05, 3.63) is 0 Å². The van der Waals surface area contributed by atoms with Crippen LogP contribution in [0.2, 0.25) is 0 Å². The molecule has 0 fully saturated rings. The van der Waals surface area contributed by atoms with Crippen LogP contribution in [0.5, 0.6) is 0 Å². The third-order valence-electron chi connectivity index (χ3n) is 0.808. The summed E-state index contributed by atoms with van der Waals surface area (Å²) in [5.41, 5.74) is 5.23. The Morgan fingerprint density at radius 1 is 0.720 bits per heavy atom. The van der Waals surface area contributed by atoms with Crippen molar-refractivity contribution in [3.63, 3.8) is 0 Å². The van der Waals surface area contributed by atoms with Gasteiger partial charge in [0.25, 0.3) is 0 Å². The third kappa shape index (κ3) is 641. The van der Waals surface area contributed by atoms with E-state index in [9.17, 15) is 0 Å². The number of aliphatic hydroxyl groups excluding tert-OH is 1. The van der Waals surface area contributed by atoms with Gasteiger partial charge in [-0.2, -0.15) is 0 Å². The summed E-state index contributed by atoms with van der Waals surface area (Å²) in [4.78, 5) is 0. The number of hydrogen-bond acceptors (Lipinski definition) is 3. The number of hydrogen-bond donors (Lipinski definition) is 3. The molecular weight excluding hydrogens is 376 g/mol. The van der Waals surface area contributed by atoms with E-state index in [2.05, 4.69) is 28.2 Å². The van der Waals surface area contributed by atoms with Crippen LogP contribution in [0, 0.1) is 0 Å². The fourth-order valence-electron chi connectivity index (χ4n) is 0.404. The van der Waals surface area contributed by atoms with E-state index < -0.39 is 0 Å². The van der Waals surface area contributed by atoms with Gasteiger partial charge in [0, 0.05) is 11.9 Å². The summed E-state index contributed by atoms with van der Waals surface area (Å²) in [5.74, 6) is 0. The van der Waals surface area contributed by atoms with Crippen molar-refractivity contribution in [3.8, 4) is 0 Å². The maximum absolute atomic E-state index is 7.57. The first-order chi connectivity index (χ1) is 12.2. The number of halogens is 1. The number of alkyl halides is 1. The summed E-state index contributed by atoms with van der Waals surface area (Å²) in [7, 11) is 0. The molecule has 0 radical (unpaired) electrons. The largest absolute Gasteiger partial charge is 0.397 e. The Morgan fingerprint density at radius 2 is 0.920 bits per heavy atom. The van der Waals surface area contributed by atoms with Crippen LogP contribution in [0.15, 0.2) is 0 Å². The molecule has 0 aliphatic rings. The summed E-state index contributed by atoms with van der Waals surface area (Å²) >= 11 is 3.15. The lowest BCUT2D eigenvalue weighted by molar-refractivity contribution is 0.318. The second kappa shape index (κ2) is 245. The van der Waals surface area contributed by atoms with Gasteiger partial charge in [0.1, 0.15) is 0 Å². The molecular formula is C21H61BrN2O. The molecule has 0 bridgehead atoms. The first kappa shape index (κ1) is 56.2. The van der Waals surface area contributed by atoms with E-state index >= 15 is 0 Å². The van der Waals surface area contributed by atoms with E-state index in [0.717, 1.165) is 31.4 Å². The summed E-state index contributed by atoms with van der Waals surface area (Å²) in [6, 6.07) is 0. The maximum atomic E-state index is 7.57. The van der Waals surface area contributed by atoms with Gasteiger partial charge in [0.15, 0.2) is 0 Å². The molecule has 168 valence electrons. The number of aliphatic hydroxyl groups is 1. The van der Waals surface area contributed by atoms with Gasteiger partial charge in [-0.15, -0.1) is 0 Å². The average molecular weight is 438 g/mol. The fraction of sp³-hybridized carbons (Fsp3) is 1.00. The molecule has 0 aromatic rings. The molecule has 0 saturated heterocycles. The highest BCUT2D eigenvalue weighted by atomic mass is 79.9. The molecule has 0 unspecified atom stereocenters. The minimum atomic E-state index is 0.250. The fourth-order valence-corrected chi connectivity index (χ4v) is 0.404. The van der Waals surface area contributed by atoms with E-state index in [0.29, 0.717) is 0 Å². The van der Waals surface area contributed by atoms with Crippen LogP contribution in [0.1, 0.15) is 110 Å². The quantitative estimate of drug-likeness (QED) is 0.315. The van der Waals surface area contributed by atoms with Crippen molar-refractivity contribution in [2.75, 3.05) is 31.6 Å². The highest BCUT2D eigenvalue weighted by Gasteiger charge is 1.77. The molecule has 3 nitrogen and oxygen atoms in total. The van der Waals surface area contributed by atoms with Gasteiger partial charge in [-0.3, -0.25) is 0 Å². The highest BCUT2D eigenvalue weighted by molar-refractivity contribution is 9.09. The van der Waals surface area contributed by atoms with Crippen LogP contribution in [-0.4, -0.2) is 36.7 Å². The van der Waals surface area contributed by atoms with Gasteiger partial charge in [-0.1, -0.05) is 113 Å². The highest BCUT2D eigenvalue weighted by Crippen LogP contribution is 1.67. The first-order valence-electron chi connectivity index (χ1n) is 10.8. The van der Waals surface area contributed by atoms with Crippen molar-refractivity contribution in [2.45, 2.75) is 110 Å². The van der Waals surface area contributed by atoms with Gasteiger partial charge in [0.05, 0.1) is 0 Å². The maximum Gasteiger partial charge on any atom is 0.0402 e. The van der Waals surface area contributed by atoms with Crippen molar-refractivity contribution < 1.29 is 5.11 Å². The van der Waals surface area contributed by atoms with E-state index in [-0.39, 0.29) is 6.61 Å². The van der Waals surface area contributed by atoms with E-state index in [1.807, 2.05) is 90.0 Å². The zero-order chi connectivity index (χ0) is 22.9. The number of nitrogens with two attached hydrogens (primary N) is 1. The average Bonchev–Trinajstić information content (AvgIpc) is 2.73. The second-order valence-corrected chi connectivity index (χ2v) is 3.20. The van der Waals surface area contributed by atoms with Gasteiger partial charge >= 0.3 is 0 Å². The zero-order valence-corrected chi connectivity index (χ0v) is 22.7. The molecule has 4 heteroatoms. The Labute approximate surface area is 174 Å². The normalized spacial score (nSPS) is 5.52. The molecule has 0 aliphatic heterocycles. The molecule has 0 spiro atoms. The predicted molar refractivity (Wildman–Crippen MR) is 133 cm³/mol. The molecule has 0 aromatic carbocycles. The Hall–Kier alpha value is 0.360. The molecule has 0 amide bonds. The van der Waals surface area contributed by atoms with E-state index in [1.54, 1.807) is 6.92 Å². The Bertz CT molecular complexity index is 55.2. The van der Waals surface area contributed by atoms with Gasteiger partial charge in [-0.25, -0.2) is 0 Å². The van der Waals surface area contributed by atoms with Gasteiger partial charge in [-0.05, 0) is 33.0 Å². The van der Waals surface area contributed by atoms with Crippen LogP contribution in [0.3, 0.4) is 0 Å². The van der Waals surface area contributed by atoms with Crippen molar-refractivity contribution in [1.29, 1.82) is 0 Å². The molecule has 0 atom stereocenters. The molecule has 0 saturated carbocycles. The van der Waals surface area contributed by atoms with Crippen molar-refractivity contribution in [1.82, 2.24) is 5.32 Å². The summed E-state index contributed by atoms with van der Waals surface area (Å²) < 4.78 is 0. The molecule has 0 rings (SSSR count). The monoisotopic (exact) mass is 436 g/mol. The summed E-state index contributed by atoms with van der Waals surface area (Å²) in [6.07, 6.45) is 1.09. The predicted octanol–water partition coefficient (Wildman–Crippen LogP) is 7.50. The molecule has 0 aliphatic carbocycles. The topological polar surface area (TPSA) is 58.3 Å². The second-order valence-electron chi connectivity index (χ2n) is 2.08. The van der Waals surface area contributed by atoms with E-state index in [4.69, 9.17) is 10.8 Å². The van der Waals surface area contributed by atoms with Crippen LogP contribution in [0.4, 0.5) is 0 Å². The van der Waals surface area contributed by atoms with Crippen LogP contribution in [0.25, 0.3) is 0 Å². The third-order valence-corrected chi connectivity index (χ3v) is 0.808. The van der Waals surface area contributed by atoms with Crippen molar-refractivity contribution in [2.24, 2.45) is 5.73 Å². The minimum Gasteiger partial charge on any atom is -0.397 e. The van der Waals surface area contributed by atoms with Crippen molar-refractivity contribution >= 4 is 15.9 Å². The Morgan fingerprint density at radius 3 is 1.04 bits per heavy atom. The summed E-state index contributed by atoms with van der Waals surface area (Å²) in [6.45, 7) is 33.0. The van der Waals surface area contributed by atoms with E-state index in [1.165, 1.54) is 0 Å². The van der Waals surface area contributed by atoms with Crippen LogP contribution >= 0.6 is 15.9 Å². The Kier molecular flexibility index (Phi) is 552. The first-order valence-corrected chi connectivity index (χ1v) is 11.9. The van der Waals surface area contributed by atoms with Crippen LogP contribution < -0.4 is 11.1 Å². The number of rotatable bonds is 4. The van der Waals surface area contributed by atoms with Gasteiger partial charge in [0.2, 0.25) is 0 Å². The SMILES string of the molecule is CC.CC.CC.CC.CC.CC.CCBr.CCNCCCN.CCO. The lowest BCUT2D eigenvalue weighted by atomic mass is 10.4. The molecule has 25 heavy (non-hydrogen) atoms. The standard InChI is InChI=1S/C5H14N2.C2H5Br.C2H6O.6C2H6/c1-2-7-5-3-4-6;2*1-2-3;6*1-2/h7H,2-6H2,1H3;2H2,1H3;3H,2H2,1H3;6*1-2H3. The molecule has 4 N–H and O–H groups in total. The minimum absolute atomic E-state index is 0.250. The lowest BCUT2D eigenvalue weighted by Gasteiger charge is -1.95. The molecule has 0 aromatic heterocycles. The molecule has 0 heterocycles. The Balaban J connectivity index is -0.0000000177. The smallest absolute Gasteiger partial charge is 0.0402 e. The van der Waals surface area contributed by atoms with Crippen LogP contribution in [-0.2, 0) is 0 Å². The lowest BCUT2D eigenvalue weighted by Crippen LogP contribution is -2.17. The zero-order valence-electron chi connectivity index (χ0n) is 21.1.